The average Bonchev–Trinajstić information content (AvgIpc) is 3.39. The lowest BCUT2D eigenvalue weighted by molar-refractivity contribution is -0.127. The smallest absolute Gasteiger partial charge is 0.246 e. The number of likely N-dealkylation sites (tertiary alicyclic amines) is 1. The third-order valence-electron chi connectivity index (χ3n) is 4.84. The predicted octanol–water partition coefficient (Wildman–Crippen LogP) is 4.53. The van der Waals surface area contributed by atoms with Crippen molar-refractivity contribution in [3.63, 3.8) is 0 Å². The van der Waals surface area contributed by atoms with Gasteiger partial charge in [-0.2, -0.15) is 4.98 Å². The van der Waals surface area contributed by atoms with Crippen molar-refractivity contribution in [1.82, 2.24) is 15.0 Å². The number of hydrogen-bond acceptors (Lipinski definition) is 5. The van der Waals surface area contributed by atoms with Gasteiger partial charge in [-0.1, -0.05) is 41.1 Å². The number of aryl methyl sites for hydroxylation is 1. The van der Waals surface area contributed by atoms with E-state index in [2.05, 4.69) is 17.1 Å². The van der Waals surface area contributed by atoms with Crippen molar-refractivity contribution < 1.29 is 9.32 Å². The quantitative estimate of drug-likeness (QED) is 0.625. The molecule has 0 atom stereocenters. The molecule has 1 aliphatic heterocycles. The van der Waals surface area contributed by atoms with Crippen LogP contribution >= 0.6 is 11.3 Å². The third-order valence-corrected chi connectivity index (χ3v) is 5.68. The van der Waals surface area contributed by atoms with Crippen LogP contribution in [0, 0.1) is 6.92 Å². The molecule has 6 heteroatoms. The molecule has 2 aromatic heterocycles. The molecule has 5 nitrogen and oxygen atoms in total. The standard InChI is InChI=1S/C21H21N3O2S/c1-15-4-6-16(7-5-15)20-22-21(26-23-20)17-10-12-24(13-11-17)19(25)9-8-18-3-2-14-27-18/h2-9,14,17H,10-13H2,1H3/b9-8+. The first-order valence-electron chi connectivity index (χ1n) is 9.10. The first kappa shape index (κ1) is 17.7. The first-order valence-corrected chi connectivity index (χ1v) is 9.98. The highest BCUT2D eigenvalue weighted by molar-refractivity contribution is 7.10. The molecule has 4 rings (SSSR count). The van der Waals surface area contributed by atoms with Crippen molar-refractivity contribution in [2.75, 3.05) is 13.1 Å². The number of amides is 1. The molecule has 0 unspecified atom stereocenters. The number of thiophene rings is 1. The van der Waals surface area contributed by atoms with Gasteiger partial charge in [0, 0.05) is 35.5 Å². The van der Waals surface area contributed by atoms with E-state index in [9.17, 15) is 4.79 Å². The Balaban J connectivity index is 1.35. The number of carbonyl (C=O) groups is 1. The summed E-state index contributed by atoms with van der Waals surface area (Å²) in [6.07, 6.45) is 5.22. The van der Waals surface area contributed by atoms with E-state index in [-0.39, 0.29) is 11.8 Å². The molecule has 0 N–H and O–H groups in total. The summed E-state index contributed by atoms with van der Waals surface area (Å²) in [5.74, 6) is 1.57. The Bertz CT molecular complexity index is 921. The highest BCUT2D eigenvalue weighted by Gasteiger charge is 2.27. The molecule has 1 aromatic carbocycles. The molecule has 138 valence electrons. The lowest BCUT2D eigenvalue weighted by atomic mass is 9.96. The SMILES string of the molecule is Cc1ccc(-c2noc(C3CCN(C(=O)/C=C/c4cccs4)CC3)n2)cc1. The Labute approximate surface area is 162 Å². The highest BCUT2D eigenvalue weighted by Crippen LogP contribution is 2.28. The van der Waals surface area contributed by atoms with Gasteiger partial charge >= 0.3 is 0 Å². The van der Waals surface area contributed by atoms with Crippen molar-refractivity contribution in [3.05, 3.63) is 64.2 Å². The minimum atomic E-state index is 0.0627. The fourth-order valence-corrected chi connectivity index (χ4v) is 3.83. The van der Waals surface area contributed by atoms with Gasteiger partial charge < -0.3 is 9.42 Å². The van der Waals surface area contributed by atoms with Crippen LogP contribution in [0.3, 0.4) is 0 Å². The Morgan fingerprint density at radius 1 is 1.22 bits per heavy atom. The molecule has 1 aliphatic rings. The molecule has 3 heterocycles. The van der Waals surface area contributed by atoms with Gasteiger partial charge in [-0.3, -0.25) is 4.79 Å². The second-order valence-electron chi connectivity index (χ2n) is 6.77. The zero-order chi connectivity index (χ0) is 18.6. The molecule has 1 amide bonds. The summed E-state index contributed by atoms with van der Waals surface area (Å²) in [4.78, 5) is 19.9. The summed E-state index contributed by atoms with van der Waals surface area (Å²) in [6.45, 7) is 3.47. The summed E-state index contributed by atoms with van der Waals surface area (Å²) >= 11 is 1.63. The van der Waals surface area contributed by atoms with E-state index in [0.29, 0.717) is 24.8 Å². The molecule has 1 fully saturated rings. The van der Waals surface area contributed by atoms with Gasteiger partial charge in [0.1, 0.15) is 0 Å². The van der Waals surface area contributed by atoms with Crippen LogP contribution in [0.5, 0.6) is 0 Å². The number of benzene rings is 1. The van der Waals surface area contributed by atoms with Gasteiger partial charge in [-0.05, 0) is 37.3 Å². The topological polar surface area (TPSA) is 59.2 Å². The van der Waals surface area contributed by atoms with E-state index in [1.807, 2.05) is 52.8 Å². The molecular weight excluding hydrogens is 358 g/mol. The van der Waals surface area contributed by atoms with Crippen molar-refractivity contribution >= 4 is 23.3 Å². The van der Waals surface area contributed by atoms with Crippen molar-refractivity contribution in [2.24, 2.45) is 0 Å². The number of aromatic nitrogens is 2. The summed E-state index contributed by atoms with van der Waals surface area (Å²) in [5, 5.41) is 6.13. The number of nitrogens with zero attached hydrogens (tertiary/aromatic N) is 3. The summed E-state index contributed by atoms with van der Waals surface area (Å²) in [5.41, 5.74) is 2.16. The van der Waals surface area contributed by atoms with Crippen LogP contribution in [0.2, 0.25) is 0 Å². The van der Waals surface area contributed by atoms with Crippen molar-refractivity contribution in [2.45, 2.75) is 25.7 Å². The summed E-state index contributed by atoms with van der Waals surface area (Å²) in [6, 6.07) is 12.1. The first-order chi connectivity index (χ1) is 13.2. The van der Waals surface area contributed by atoms with E-state index < -0.39 is 0 Å². The second kappa shape index (κ2) is 7.88. The van der Waals surface area contributed by atoms with Gasteiger partial charge in [0.05, 0.1) is 0 Å². The number of carbonyl (C=O) groups excluding carboxylic acids is 1. The Hall–Kier alpha value is -2.73. The maximum Gasteiger partial charge on any atom is 0.246 e. The number of piperidine rings is 1. The Morgan fingerprint density at radius 2 is 2.00 bits per heavy atom. The van der Waals surface area contributed by atoms with Crippen LogP contribution in [0.15, 0.2) is 52.4 Å². The Kier molecular flexibility index (Phi) is 5.16. The van der Waals surface area contributed by atoms with E-state index in [0.717, 1.165) is 23.3 Å². The van der Waals surface area contributed by atoms with E-state index in [4.69, 9.17) is 4.52 Å². The summed E-state index contributed by atoms with van der Waals surface area (Å²) in [7, 11) is 0. The predicted molar refractivity (Wildman–Crippen MR) is 106 cm³/mol. The van der Waals surface area contributed by atoms with Gasteiger partial charge in [-0.25, -0.2) is 0 Å². The van der Waals surface area contributed by atoms with Crippen LogP contribution in [0.1, 0.15) is 35.1 Å². The molecule has 27 heavy (non-hydrogen) atoms. The maximum absolute atomic E-state index is 12.3. The van der Waals surface area contributed by atoms with Crippen LogP contribution in [-0.2, 0) is 4.79 Å². The zero-order valence-electron chi connectivity index (χ0n) is 15.2. The average molecular weight is 379 g/mol. The fourth-order valence-electron chi connectivity index (χ4n) is 3.21. The minimum Gasteiger partial charge on any atom is -0.339 e. The van der Waals surface area contributed by atoms with Crippen molar-refractivity contribution in [3.8, 4) is 11.4 Å². The van der Waals surface area contributed by atoms with Crippen LogP contribution < -0.4 is 0 Å². The zero-order valence-corrected chi connectivity index (χ0v) is 16.0. The number of rotatable bonds is 4. The fraction of sp³-hybridized carbons (Fsp3) is 0.286. The Morgan fingerprint density at radius 3 is 2.70 bits per heavy atom. The molecule has 3 aromatic rings. The van der Waals surface area contributed by atoms with Crippen LogP contribution in [-0.4, -0.2) is 34.0 Å². The molecule has 0 aliphatic carbocycles. The molecule has 0 bridgehead atoms. The molecule has 0 spiro atoms. The normalized spacial score (nSPS) is 15.5. The van der Waals surface area contributed by atoms with E-state index in [1.165, 1.54) is 5.56 Å². The number of hydrogen-bond donors (Lipinski definition) is 0. The third kappa shape index (κ3) is 4.17. The van der Waals surface area contributed by atoms with Crippen LogP contribution in [0.25, 0.3) is 17.5 Å². The van der Waals surface area contributed by atoms with Crippen LogP contribution in [0.4, 0.5) is 0 Å². The molecule has 1 saturated heterocycles. The van der Waals surface area contributed by atoms with Gasteiger partial charge in [0.2, 0.25) is 17.6 Å². The monoisotopic (exact) mass is 379 g/mol. The van der Waals surface area contributed by atoms with Crippen molar-refractivity contribution in [1.29, 1.82) is 0 Å². The molecule has 0 saturated carbocycles. The van der Waals surface area contributed by atoms with E-state index >= 15 is 0 Å². The molecule has 0 radical (unpaired) electrons. The maximum atomic E-state index is 12.3. The molecular formula is C21H21N3O2S. The minimum absolute atomic E-state index is 0.0627. The lowest BCUT2D eigenvalue weighted by Crippen LogP contribution is -2.36. The van der Waals surface area contributed by atoms with E-state index in [1.54, 1.807) is 17.4 Å². The highest BCUT2D eigenvalue weighted by atomic mass is 32.1. The summed E-state index contributed by atoms with van der Waals surface area (Å²) < 4.78 is 5.50. The largest absolute Gasteiger partial charge is 0.339 e. The second-order valence-corrected chi connectivity index (χ2v) is 7.75. The van der Waals surface area contributed by atoms with Gasteiger partial charge in [0.15, 0.2) is 0 Å². The van der Waals surface area contributed by atoms with Gasteiger partial charge in [-0.15, -0.1) is 11.3 Å². The van der Waals surface area contributed by atoms with Gasteiger partial charge in [0.25, 0.3) is 0 Å². The lowest BCUT2D eigenvalue weighted by Gasteiger charge is -2.29.